The number of hydrogen-bond acceptors (Lipinski definition) is 6. The van der Waals surface area contributed by atoms with E-state index in [-0.39, 0.29) is 6.42 Å². The quantitative estimate of drug-likeness (QED) is 0.517. The number of carboxylic acid groups (broad SMARTS) is 1. The van der Waals surface area contributed by atoms with Crippen LogP contribution in [0.4, 0.5) is 17.3 Å². The molecule has 7 nitrogen and oxygen atoms in total. The van der Waals surface area contributed by atoms with E-state index in [1.807, 2.05) is 30.3 Å². The number of aromatic nitrogens is 3. The Morgan fingerprint density at radius 1 is 1.20 bits per heavy atom. The summed E-state index contributed by atoms with van der Waals surface area (Å²) in [4.78, 5) is 23.5. The van der Waals surface area contributed by atoms with E-state index in [0.29, 0.717) is 24.6 Å². The number of fused-ring (bicyclic) bond motifs is 1. The van der Waals surface area contributed by atoms with Crippen LogP contribution in [0.15, 0.2) is 47.3 Å². The monoisotopic (exact) mass is 401 g/mol. The first kappa shape index (κ1) is 17.1. The van der Waals surface area contributed by atoms with Crippen LogP contribution >= 0.6 is 15.9 Å². The van der Waals surface area contributed by atoms with E-state index in [0.717, 1.165) is 21.1 Å². The highest BCUT2D eigenvalue weighted by Crippen LogP contribution is 2.25. The smallest absolute Gasteiger partial charge is 0.303 e. The molecular formula is C17H16BrN5O2. The zero-order chi connectivity index (χ0) is 17.6. The second-order valence-corrected chi connectivity index (χ2v) is 6.28. The fourth-order valence-electron chi connectivity index (χ4n) is 2.31. The molecule has 3 rings (SSSR count). The number of carbonyl (C=O) groups is 1. The van der Waals surface area contributed by atoms with Crippen LogP contribution < -0.4 is 10.6 Å². The number of halogens is 1. The molecule has 3 aromatic rings. The van der Waals surface area contributed by atoms with Crippen LogP contribution in [0.1, 0.15) is 12.8 Å². The van der Waals surface area contributed by atoms with Crippen molar-refractivity contribution < 1.29 is 9.90 Å². The number of anilines is 3. The van der Waals surface area contributed by atoms with Crippen LogP contribution in [0.3, 0.4) is 0 Å². The van der Waals surface area contributed by atoms with Gasteiger partial charge in [-0.05, 0) is 24.6 Å². The average Bonchev–Trinajstić information content (AvgIpc) is 2.59. The number of nitrogens with one attached hydrogen (secondary N) is 2. The molecule has 25 heavy (non-hydrogen) atoms. The molecule has 0 unspecified atom stereocenters. The van der Waals surface area contributed by atoms with Gasteiger partial charge in [-0.3, -0.25) is 4.79 Å². The minimum Gasteiger partial charge on any atom is -0.481 e. The maximum atomic E-state index is 10.5. The first-order valence-corrected chi connectivity index (χ1v) is 8.50. The SMILES string of the molecule is O=C(O)CCCNc1cc2ncnc(Nc3cccc(Br)c3)c2cn1. The second kappa shape index (κ2) is 7.89. The van der Waals surface area contributed by atoms with Gasteiger partial charge in [0, 0.05) is 35.4 Å². The number of nitrogens with zero attached hydrogens (tertiary/aromatic N) is 3. The molecule has 0 aliphatic rings. The highest BCUT2D eigenvalue weighted by Gasteiger charge is 2.07. The molecule has 0 bridgehead atoms. The summed E-state index contributed by atoms with van der Waals surface area (Å²) in [6, 6.07) is 9.62. The number of rotatable bonds is 7. The third-order valence-electron chi connectivity index (χ3n) is 3.48. The number of hydrogen-bond donors (Lipinski definition) is 3. The molecule has 2 aromatic heterocycles. The Hall–Kier alpha value is -2.74. The van der Waals surface area contributed by atoms with Crippen molar-refractivity contribution in [3.05, 3.63) is 47.3 Å². The molecule has 0 amide bonds. The van der Waals surface area contributed by atoms with Crippen LogP contribution in [-0.2, 0) is 4.79 Å². The van der Waals surface area contributed by atoms with Gasteiger partial charge < -0.3 is 15.7 Å². The normalized spacial score (nSPS) is 10.6. The lowest BCUT2D eigenvalue weighted by molar-refractivity contribution is -0.137. The largest absolute Gasteiger partial charge is 0.481 e. The Balaban J connectivity index is 1.76. The highest BCUT2D eigenvalue weighted by atomic mass is 79.9. The Bertz CT molecular complexity index is 903. The zero-order valence-electron chi connectivity index (χ0n) is 13.2. The summed E-state index contributed by atoms with van der Waals surface area (Å²) in [6.07, 6.45) is 3.87. The van der Waals surface area contributed by atoms with Crippen LogP contribution in [-0.4, -0.2) is 32.6 Å². The van der Waals surface area contributed by atoms with E-state index in [9.17, 15) is 4.79 Å². The van der Waals surface area contributed by atoms with Gasteiger partial charge in [0.25, 0.3) is 0 Å². The van der Waals surface area contributed by atoms with Gasteiger partial charge in [-0.2, -0.15) is 0 Å². The number of aliphatic carboxylic acids is 1. The predicted molar refractivity (Wildman–Crippen MR) is 100 cm³/mol. The molecule has 1 aromatic carbocycles. The summed E-state index contributed by atoms with van der Waals surface area (Å²) in [7, 11) is 0. The summed E-state index contributed by atoms with van der Waals surface area (Å²) >= 11 is 3.44. The van der Waals surface area contributed by atoms with Crippen molar-refractivity contribution in [2.24, 2.45) is 0 Å². The van der Waals surface area contributed by atoms with E-state index >= 15 is 0 Å². The van der Waals surface area contributed by atoms with Crippen molar-refractivity contribution >= 4 is 50.1 Å². The summed E-state index contributed by atoms with van der Waals surface area (Å²) in [6.45, 7) is 0.541. The Morgan fingerprint density at radius 2 is 2.08 bits per heavy atom. The highest BCUT2D eigenvalue weighted by molar-refractivity contribution is 9.10. The molecule has 0 spiro atoms. The molecule has 0 saturated carbocycles. The molecule has 128 valence electrons. The number of pyridine rings is 1. The van der Waals surface area contributed by atoms with Crippen molar-refractivity contribution in [3.63, 3.8) is 0 Å². The lowest BCUT2D eigenvalue weighted by Crippen LogP contribution is -2.06. The van der Waals surface area contributed by atoms with Crippen molar-refractivity contribution in [3.8, 4) is 0 Å². The van der Waals surface area contributed by atoms with Crippen molar-refractivity contribution in [1.82, 2.24) is 15.0 Å². The van der Waals surface area contributed by atoms with Gasteiger partial charge in [0.15, 0.2) is 0 Å². The zero-order valence-corrected chi connectivity index (χ0v) is 14.8. The third kappa shape index (κ3) is 4.63. The van der Waals surface area contributed by atoms with E-state index in [1.165, 1.54) is 6.33 Å². The van der Waals surface area contributed by atoms with Gasteiger partial charge >= 0.3 is 5.97 Å². The molecule has 8 heteroatoms. The summed E-state index contributed by atoms with van der Waals surface area (Å²) in [5, 5.41) is 15.8. The van der Waals surface area contributed by atoms with Crippen molar-refractivity contribution in [2.75, 3.05) is 17.2 Å². The van der Waals surface area contributed by atoms with Gasteiger partial charge in [-0.1, -0.05) is 22.0 Å². The van der Waals surface area contributed by atoms with E-state index < -0.39 is 5.97 Å². The van der Waals surface area contributed by atoms with E-state index in [2.05, 4.69) is 41.5 Å². The van der Waals surface area contributed by atoms with Gasteiger partial charge in [0.2, 0.25) is 0 Å². The van der Waals surface area contributed by atoms with Crippen molar-refractivity contribution in [2.45, 2.75) is 12.8 Å². The minimum absolute atomic E-state index is 0.128. The molecule has 0 saturated heterocycles. The maximum absolute atomic E-state index is 10.5. The molecule has 2 heterocycles. The Morgan fingerprint density at radius 3 is 2.88 bits per heavy atom. The first-order valence-electron chi connectivity index (χ1n) is 7.71. The van der Waals surface area contributed by atoms with Crippen LogP contribution in [0.5, 0.6) is 0 Å². The topological polar surface area (TPSA) is 100 Å². The summed E-state index contributed by atoms with van der Waals surface area (Å²) in [5.41, 5.74) is 1.66. The molecule has 0 aliphatic carbocycles. The molecule has 0 fully saturated rings. The van der Waals surface area contributed by atoms with E-state index in [4.69, 9.17) is 5.11 Å². The summed E-state index contributed by atoms with van der Waals surface area (Å²) < 4.78 is 0.974. The van der Waals surface area contributed by atoms with Crippen LogP contribution in [0, 0.1) is 0 Å². The van der Waals surface area contributed by atoms with Gasteiger partial charge in [-0.25, -0.2) is 15.0 Å². The number of carboxylic acids is 1. The number of benzene rings is 1. The lowest BCUT2D eigenvalue weighted by atomic mass is 10.2. The maximum Gasteiger partial charge on any atom is 0.303 e. The standard InChI is InChI=1S/C17H16BrN5O2/c18-11-3-1-4-12(7-11)23-17-13-9-20-15(8-14(13)21-10-22-17)19-6-2-5-16(24)25/h1,3-4,7-10H,2,5-6H2,(H,19,20)(H,24,25)(H,21,22,23). The van der Waals surface area contributed by atoms with Gasteiger partial charge in [-0.15, -0.1) is 0 Å². The molecule has 0 aliphatic heterocycles. The molecular weight excluding hydrogens is 386 g/mol. The predicted octanol–water partition coefficient (Wildman–Crippen LogP) is 3.81. The molecule has 0 atom stereocenters. The first-order chi connectivity index (χ1) is 12.1. The molecule has 3 N–H and O–H groups in total. The van der Waals surface area contributed by atoms with Crippen molar-refractivity contribution in [1.29, 1.82) is 0 Å². The van der Waals surface area contributed by atoms with Gasteiger partial charge in [0.1, 0.15) is 18.0 Å². The molecule has 0 radical (unpaired) electrons. The second-order valence-electron chi connectivity index (χ2n) is 5.37. The Labute approximate surface area is 152 Å². The Kier molecular flexibility index (Phi) is 5.39. The van der Waals surface area contributed by atoms with Crippen LogP contribution in [0.2, 0.25) is 0 Å². The van der Waals surface area contributed by atoms with Gasteiger partial charge in [0.05, 0.1) is 10.9 Å². The lowest BCUT2D eigenvalue weighted by Gasteiger charge is -2.10. The minimum atomic E-state index is -0.802. The fourth-order valence-corrected chi connectivity index (χ4v) is 2.71. The fraction of sp³-hybridized carbons (Fsp3) is 0.176. The average molecular weight is 402 g/mol. The van der Waals surface area contributed by atoms with E-state index in [1.54, 1.807) is 6.20 Å². The third-order valence-corrected chi connectivity index (χ3v) is 3.98. The summed E-state index contributed by atoms with van der Waals surface area (Å²) in [5.74, 6) is 0.530. The van der Waals surface area contributed by atoms with Crippen LogP contribution in [0.25, 0.3) is 10.9 Å².